The van der Waals surface area contributed by atoms with Crippen LogP contribution in [0.3, 0.4) is 0 Å². The van der Waals surface area contributed by atoms with Gasteiger partial charge >= 0.3 is 0 Å². The molecule has 0 saturated carbocycles. The van der Waals surface area contributed by atoms with Crippen LogP contribution in [0.15, 0.2) is 24.3 Å². The molecule has 1 aliphatic heterocycles. The first-order valence-corrected chi connectivity index (χ1v) is 8.47. The number of nitrogens with zero attached hydrogens (tertiary/aromatic N) is 3. The monoisotopic (exact) mass is 329 g/mol. The molecule has 5 heteroatoms. The average Bonchev–Trinajstić information content (AvgIpc) is 2.98. The molecule has 1 aromatic heterocycles. The molecule has 0 radical (unpaired) electrons. The Morgan fingerprint density at radius 3 is 2.75 bits per heavy atom. The molecule has 2 heterocycles. The van der Waals surface area contributed by atoms with Crippen LogP contribution in [-0.2, 0) is 6.54 Å². The number of likely N-dealkylation sites (tertiary alicyclic amines) is 1. The fourth-order valence-electron chi connectivity index (χ4n) is 3.56. The van der Waals surface area contributed by atoms with Crippen molar-refractivity contribution in [2.45, 2.75) is 13.0 Å². The van der Waals surface area contributed by atoms with Gasteiger partial charge in [0.1, 0.15) is 5.75 Å². The Labute approximate surface area is 144 Å². The summed E-state index contributed by atoms with van der Waals surface area (Å²) in [5.74, 6) is 2.27. The highest BCUT2D eigenvalue weighted by molar-refractivity contribution is 5.81. The molecule has 24 heavy (non-hydrogen) atoms. The second kappa shape index (κ2) is 7.36. The first-order chi connectivity index (χ1) is 11.6. The minimum Gasteiger partial charge on any atom is -0.497 e. The molecule has 2 aromatic rings. The SMILES string of the molecule is COc1ccc2cc(CN(C)C[C@H]3CCN(C)C3)c(OC)nc2c1. The number of hydrogen-bond acceptors (Lipinski definition) is 5. The standard InChI is InChI=1S/C19H27N3O2/c1-21-8-7-14(11-21)12-22(2)13-16-9-15-5-6-17(23-3)10-18(15)20-19(16)24-4/h5-6,9-10,14H,7-8,11-13H2,1-4H3/t14-/m0/s1. The van der Waals surface area contributed by atoms with Crippen LogP contribution in [0.4, 0.5) is 0 Å². The van der Waals surface area contributed by atoms with Gasteiger partial charge in [-0.25, -0.2) is 4.98 Å². The molecule has 0 unspecified atom stereocenters. The summed E-state index contributed by atoms with van der Waals surface area (Å²) in [5.41, 5.74) is 2.03. The van der Waals surface area contributed by atoms with Crippen LogP contribution in [0, 0.1) is 5.92 Å². The van der Waals surface area contributed by atoms with Crippen LogP contribution in [0.1, 0.15) is 12.0 Å². The quantitative estimate of drug-likeness (QED) is 0.814. The molecule has 0 N–H and O–H groups in total. The minimum atomic E-state index is 0.700. The lowest BCUT2D eigenvalue weighted by atomic mass is 10.1. The highest BCUT2D eigenvalue weighted by Crippen LogP contribution is 2.26. The van der Waals surface area contributed by atoms with Crippen LogP contribution in [-0.4, -0.2) is 62.7 Å². The average molecular weight is 329 g/mol. The molecule has 1 aliphatic rings. The maximum absolute atomic E-state index is 5.53. The fraction of sp³-hybridized carbons (Fsp3) is 0.526. The Hall–Kier alpha value is -1.85. The van der Waals surface area contributed by atoms with Crippen molar-refractivity contribution in [1.82, 2.24) is 14.8 Å². The molecule has 1 fully saturated rings. The molecule has 0 amide bonds. The molecule has 3 rings (SSSR count). The zero-order valence-electron chi connectivity index (χ0n) is 15.1. The van der Waals surface area contributed by atoms with Gasteiger partial charge < -0.3 is 19.3 Å². The number of pyridine rings is 1. The molecule has 0 aliphatic carbocycles. The van der Waals surface area contributed by atoms with Crippen LogP contribution in [0.2, 0.25) is 0 Å². The van der Waals surface area contributed by atoms with Crippen LogP contribution in [0.25, 0.3) is 10.9 Å². The van der Waals surface area contributed by atoms with Crippen molar-refractivity contribution in [3.05, 3.63) is 29.8 Å². The highest BCUT2D eigenvalue weighted by atomic mass is 16.5. The number of methoxy groups -OCH3 is 2. The zero-order valence-corrected chi connectivity index (χ0v) is 15.1. The van der Waals surface area contributed by atoms with E-state index in [1.165, 1.54) is 19.5 Å². The fourth-order valence-corrected chi connectivity index (χ4v) is 3.56. The van der Waals surface area contributed by atoms with Crippen LogP contribution < -0.4 is 9.47 Å². The topological polar surface area (TPSA) is 37.8 Å². The van der Waals surface area contributed by atoms with E-state index in [9.17, 15) is 0 Å². The Balaban J connectivity index is 1.77. The van der Waals surface area contributed by atoms with Gasteiger partial charge in [0, 0.05) is 36.7 Å². The van der Waals surface area contributed by atoms with Gasteiger partial charge in [0.05, 0.1) is 19.7 Å². The number of hydrogen-bond donors (Lipinski definition) is 0. The number of ether oxygens (including phenoxy) is 2. The van der Waals surface area contributed by atoms with Gasteiger partial charge in [-0.05, 0) is 51.2 Å². The molecule has 5 nitrogen and oxygen atoms in total. The van der Waals surface area contributed by atoms with Crippen molar-refractivity contribution in [1.29, 1.82) is 0 Å². The second-order valence-corrected chi connectivity index (χ2v) is 6.83. The lowest BCUT2D eigenvalue weighted by molar-refractivity contribution is 0.262. The number of aromatic nitrogens is 1. The van der Waals surface area contributed by atoms with E-state index < -0.39 is 0 Å². The molecule has 130 valence electrons. The van der Waals surface area contributed by atoms with Gasteiger partial charge in [0.15, 0.2) is 0 Å². The molecule has 1 aromatic carbocycles. The molecule has 0 bridgehead atoms. The number of benzene rings is 1. The molecular weight excluding hydrogens is 302 g/mol. The van der Waals surface area contributed by atoms with Gasteiger partial charge in [0.25, 0.3) is 0 Å². The zero-order chi connectivity index (χ0) is 17.1. The third-order valence-corrected chi connectivity index (χ3v) is 4.76. The Morgan fingerprint density at radius 1 is 1.25 bits per heavy atom. The van der Waals surface area contributed by atoms with Crippen molar-refractivity contribution in [2.24, 2.45) is 5.92 Å². The normalized spacial score (nSPS) is 18.5. The predicted molar refractivity (Wildman–Crippen MR) is 96.8 cm³/mol. The van der Waals surface area contributed by atoms with Gasteiger partial charge in [-0.2, -0.15) is 0 Å². The Bertz CT molecular complexity index is 704. The third-order valence-electron chi connectivity index (χ3n) is 4.76. The molecule has 1 saturated heterocycles. The predicted octanol–water partition coefficient (Wildman–Crippen LogP) is 2.64. The van der Waals surface area contributed by atoms with Crippen molar-refractivity contribution in [3.63, 3.8) is 0 Å². The largest absolute Gasteiger partial charge is 0.497 e. The van der Waals surface area contributed by atoms with Crippen molar-refractivity contribution in [2.75, 3.05) is 47.9 Å². The lowest BCUT2D eigenvalue weighted by Crippen LogP contribution is -2.27. The maximum atomic E-state index is 5.53. The van der Waals surface area contributed by atoms with E-state index in [0.29, 0.717) is 5.88 Å². The van der Waals surface area contributed by atoms with E-state index in [4.69, 9.17) is 9.47 Å². The van der Waals surface area contributed by atoms with E-state index in [2.05, 4.69) is 41.0 Å². The summed E-state index contributed by atoms with van der Waals surface area (Å²) >= 11 is 0. The Morgan fingerprint density at radius 2 is 2.08 bits per heavy atom. The lowest BCUT2D eigenvalue weighted by Gasteiger charge is -2.22. The highest BCUT2D eigenvalue weighted by Gasteiger charge is 2.21. The number of rotatable bonds is 6. The first kappa shape index (κ1) is 17.0. The first-order valence-electron chi connectivity index (χ1n) is 8.47. The van der Waals surface area contributed by atoms with Crippen molar-refractivity contribution < 1.29 is 9.47 Å². The summed E-state index contributed by atoms with van der Waals surface area (Å²) in [4.78, 5) is 9.44. The third kappa shape index (κ3) is 3.79. The maximum Gasteiger partial charge on any atom is 0.218 e. The van der Waals surface area contributed by atoms with E-state index in [-0.39, 0.29) is 0 Å². The van der Waals surface area contributed by atoms with Gasteiger partial charge in [-0.1, -0.05) is 0 Å². The molecule has 0 spiro atoms. The smallest absolute Gasteiger partial charge is 0.218 e. The number of fused-ring (bicyclic) bond motifs is 1. The summed E-state index contributed by atoms with van der Waals surface area (Å²) in [6.45, 7) is 4.35. The summed E-state index contributed by atoms with van der Waals surface area (Å²) in [6.07, 6.45) is 1.29. The minimum absolute atomic E-state index is 0.700. The summed E-state index contributed by atoms with van der Waals surface area (Å²) in [5, 5.41) is 1.11. The van der Waals surface area contributed by atoms with Gasteiger partial charge in [-0.3, -0.25) is 0 Å². The molecular formula is C19H27N3O2. The van der Waals surface area contributed by atoms with Gasteiger partial charge in [-0.15, -0.1) is 0 Å². The summed E-state index contributed by atoms with van der Waals surface area (Å²) in [6, 6.07) is 8.14. The molecule has 1 atom stereocenters. The van der Waals surface area contributed by atoms with E-state index >= 15 is 0 Å². The van der Waals surface area contributed by atoms with Gasteiger partial charge in [0.2, 0.25) is 5.88 Å². The Kier molecular flexibility index (Phi) is 5.21. The van der Waals surface area contributed by atoms with E-state index in [1.54, 1.807) is 14.2 Å². The second-order valence-electron chi connectivity index (χ2n) is 6.83. The van der Waals surface area contributed by atoms with E-state index in [1.807, 2.05) is 12.1 Å². The van der Waals surface area contributed by atoms with E-state index in [0.717, 1.165) is 41.2 Å². The summed E-state index contributed by atoms with van der Waals surface area (Å²) < 4.78 is 10.8. The van der Waals surface area contributed by atoms with Crippen molar-refractivity contribution >= 4 is 10.9 Å². The summed E-state index contributed by atoms with van der Waals surface area (Å²) in [7, 11) is 7.73. The van der Waals surface area contributed by atoms with Crippen LogP contribution >= 0.6 is 0 Å². The van der Waals surface area contributed by atoms with Crippen LogP contribution in [0.5, 0.6) is 11.6 Å². The van der Waals surface area contributed by atoms with Crippen molar-refractivity contribution in [3.8, 4) is 11.6 Å².